The second-order valence-electron chi connectivity index (χ2n) is 8.48. The lowest BCUT2D eigenvalue weighted by molar-refractivity contribution is -0.173. The van der Waals surface area contributed by atoms with Crippen LogP contribution in [-0.4, -0.2) is 105 Å². The molecule has 0 bridgehead atoms. The minimum absolute atomic E-state index is 0.134. The first-order valence-electron chi connectivity index (χ1n) is 11.0. The third-order valence-corrected chi connectivity index (χ3v) is 5.34. The van der Waals surface area contributed by atoms with Gasteiger partial charge in [-0.25, -0.2) is 0 Å². The Morgan fingerprint density at radius 3 is 2.11 bits per heavy atom. The first-order valence-corrected chi connectivity index (χ1v) is 11.0. The van der Waals surface area contributed by atoms with E-state index in [0.29, 0.717) is 12.0 Å². The van der Waals surface area contributed by atoms with E-state index in [-0.39, 0.29) is 25.4 Å². The molecule has 14 nitrogen and oxygen atoms in total. The van der Waals surface area contributed by atoms with Crippen LogP contribution in [0.2, 0.25) is 0 Å². The number of rotatable bonds is 13. The number of hydrogen-bond donors (Lipinski definition) is 9. The van der Waals surface area contributed by atoms with Gasteiger partial charge in [0.15, 0.2) is 0 Å². The molecule has 0 saturated heterocycles. The van der Waals surface area contributed by atoms with E-state index >= 15 is 0 Å². The van der Waals surface area contributed by atoms with Crippen molar-refractivity contribution < 1.29 is 49.5 Å². The monoisotopic (exact) mass is 502 g/mol. The van der Waals surface area contributed by atoms with Gasteiger partial charge in [-0.2, -0.15) is 0 Å². The zero-order valence-corrected chi connectivity index (χ0v) is 19.5. The van der Waals surface area contributed by atoms with E-state index in [0.717, 1.165) is 0 Å². The first kappa shape index (κ1) is 30.0. The zero-order chi connectivity index (χ0) is 26.8. The molecule has 1 rings (SSSR count). The maximum absolute atomic E-state index is 12.4. The van der Waals surface area contributed by atoms with Gasteiger partial charge in [0.05, 0.1) is 18.8 Å². The molecule has 3 atom stereocenters. The predicted octanol–water partition coefficient (Wildman–Crippen LogP) is -3.74. The normalized spacial score (nSPS) is 24.5. The highest BCUT2D eigenvalue weighted by atomic mass is 16.4. The molecule has 1 saturated carbocycles. The van der Waals surface area contributed by atoms with Crippen LogP contribution in [0.5, 0.6) is 0 Å². The predicted molar refractivity (Wildman–Crippen MR) is 119 cm³/mol. The van der Waals surface area contributed by atoms with Gasteiger partial charge in [-0.1, -0.05) is 6.58 Å². The number of carboxylic acids is 1. The molecule has 9 N–H and O–H groups in total. The Morgan fingerprint density at radius 1 is 1.00 bits per heavy atom. The van der Waals surface area contributed by atoms with Crippen molar-refractivity contribution in [3.63, 3.8) is 0 Å². The van der Waals surface area contributed by atoms with Gasteiger partial charge < -0.3 is 46.8 Å². The van der Waals surface area contributed by atoms with Gasteiger partial charge in [-0.3, -0.25) is 24.0 Å². The molecule has 0 unspecified atom stereocenters. The number of carbonyl (C=O) groups excluding carboxylic acids is 4. The highest BCUT2D eigenvalue weighted by Crippen LogP contribution is 2.29. The van der Waals surface area contributed by atoms with Crippen LogP contribution >= 0.6 is 0 Å². The molecule has 1 aliphatic carbocycles. The number of aliphatic hydroxyl groups excluding tert-OH is 3. The van der Waals surface area contributed by atoms with E-state index in [9.17, 15) is 44.4 Å². The fourth-order valence-corrected chi connectivity index (χ4v) is 3.34. The Kier molecular flexibility index (Phi) is 11.7. The summed E-state index contributed by atoms with van der Waals surface area (Å²) in [6.07, 6.45) is -6.04. The summed E-state index contributed by atoms with van der Waals surface area (Å²) >= 11 is 0. The van der Waals surface area contributed by atoms with Crippen LogP contribution in [0.1, 0.15) is 39.0 Å². The summed E-state index contributed by atoms with van der Waals surface area (Å²) in [4.78, 5) is 59.3. The zero-order valence-electron chi connectivity index (χ0n) is 19.5. The maximum Gasteiger partial charge on any atom is 0.303 e. The Hall–Kier alpha value is -3.07. The molecule has 4 amide bonds. The smallest absolute Gasteiger partial charge is 0.303 e. The summed E-state index contributed by atoms with van der Waals surface area (Å²) < 4.78 is 0. The molecule has 0 aliphatic heterocycles. The Balaban J connectivity index is 2.57. The van der Waals surface area contributed by atoms with E-state index in [1.165, 1.54) is 0 Å². The standard InChI is InChI=1S/C21H34N4O10/c1-11(2)18(32)22-6-3-7-23-19(33)12(4-5-16(29)30)25-15(28)10-24-20(34)21(35)8-13(26)17(31)14(27)9-21/h12-14,17,26-27,31,35H,1,3-10H2,2H3,(H,22,32)(H,23,33)(H,24,34)(H,25,28)(H,29,30)/t12-,13-,14-,17?,21?/m0/s1. The van der Waals surface area contributed by atoms with Crippen molar-refractivity contribution >= 4 is 29.6 Å². The average Bonchev–Trinajstić information content (AvgIpc) is 2.77. The molecule has 0 aromatic carbocycles. The lowest BCUT2D eigenvalue weighted by atomic mass is 9.79. The fraction of sp³-hybridized carbons (Fsp3) is 0.667. The lowest BCUT2D eigenvalue weighted by Crippen LogP contribution is -2.60. The van der Waals surface area contributed by atoms with Crippen LogP contribution in [-0.2, 0) is 24.0 Å². The number of aliphatic hydroxyl groups is 4. The lowest BCUT2D eigenvalue weighted by Gasteiger charge is -2.39. The molecule has 0 spiro atoms. The molecule has 14 heteroatoms. The third-order valence-electron chi connectivity index (χ3n) is 5.34. The number of hydrogen-bond acceptors (Lipinski definition) is 9. The Bertz CT molecular complexity index is 806. The number of aliphatic carboxylic acids is 1. The molecule has 0 radical (unpaired) electrons. The van der Waals surface area contributed by atoms with Gasteiger partial charge in [0, 0.05) is 37.9 Å². The van der Waals surface area contributed by atoms with Gasteiger partial charge in [0.25, 0.3) is 5.91 Å². The van der Waals surface area contributed by atoms with Crippen LogP contribution in [0, 0.1) is 0 Å². The van der Waals surface area contributed by atoms with Crippen LogP contribution in [0.3, 0.4) is 0 Å². The molecule has 1 fully saturated rings. The Morgan fingerprint density at radius 2 is 1.57 bits per heavy atom. The fourth-order valence-electron chi connectivity index (χ4n) is 3.34. The van der Waals surface area contributed by atoms with Crippen molar-refractivity contribution in [2.24, 2.45) is 0 Å². The second-order valence-corrected chi connectivity index (χ2v) is 8.48. The molecule has 198 valence electrons. The SMILES string of the molecule is C=C(C)C(=O)NCCCNC(=O)[C@H](CCC(=O)O)NC(=O)CNC(=O)C1(O)C[C@H](O)C(O)[C@@H](O)C1. The summed E-state index contributed by atoms with van der Waals surface area (Å²) in [7, 11) is 0. The van der Waals surface area contributed by atoms with Crippen molar-refractivity contribution in [2.45, 2.75) is 69.0 Å². The molecule has 1 aliphatic rings. The van der Waals surface area contributed by atoms with Crippen molar-refractivity contribution in [1.29, 1.82) is 0 Å². The average molecular weight is 503 g/mol. The topological polar surface area (TPSA) is 235 Å². The number of carbonyl (C=O) groups is 5. The van der Waals surface area contributed by atoms with Gasteiger partial charge in [0.2, 0.25) is 17.7 Å². The van der Waals surface area contributed by atoms with Gasteiger partial charge in [-0.05, 0) is 19.8 Å². The molecule has 0 aromatic rings. The Labute approximate surface area is 201 Å². The van der Waals surface area contributed by atoms with Crippen LogP contribution in [0.4, 0.5) is 0 Å². The van der Waals surface area contributed by atoms with Crippen LogP contribution < -0.4 is 21.3 Å². The van der Waals surface area contributed by atoms with E-state index in [4.69, 9.17) is 5.11 Å². The second kappa shape index (κ2) is 13.7. The summed E-state index contributed by atoms with van der Waals surface area (Å²) in [5.41, 5.74) is -1.89. The molecule has 0 heterocycles. The number of carboxylic acid groups (broad SMARTS) is 1. The van der Waals surface area contributed by atoms with Gasteiger partial charge in [0.1, 0.15) is 17.7 Å². The minimum atomic E-state index is -2.22. The van der Waals surface area contributed by atoms with Crippen molar-refractivity contribution in [3.05, 3.63) is 12.2 Å². The summed E-state index contributed by atoms with van der Waals surface area (Å²) in [6, 6.07) is -1.22. The highest BCUT2D eigenvalue weighted by molar-refractivity contribution is 5.92. The van der Waals surface area contributed by atoms with Crippen molar-refractivity contribution in [1.82, 2.24) is 21.3 Å². The van der Waals surface area contributed by atoms with Crippen LogP contribution in [0.25, 0.3) is 0 Å². The molecular weight excluding hydrogens is 468 g/mol. The van der Waals surface area contributed by atoms with Gasteiger partial charge in [-0.15, -0.1) is 0 Å². The van der Waals surface area contributed by atoms with Crippen molar-refractivity contribution in [2.75, 3.05) is 19.6 Å². The summed E-state index contributed by atoms with van der Waals surface area (Å²) in [5, 5.41) is 57.8. The van der Waals surface area contributed by atoms with E-state index in [1.54, 1.807) is 6.92 Å². The van der Waals surface area contributed by atoms with Gasteiger partial charge >= 0.3 is 5.97 Å². The van der Waals surface area contributed by atoms with E-state index in [2.05, 4.69) is 27.8 Å². The third kappa shape index (κ3) is 9.98. The molecule has 0 aromatic heterocycles. The summed E-state index contributed by atoms with van der Waals surface area (Å²) in [6.45, 7) is 4.75. The highest BCUT2D eigenvalue weighted by Gasteiger charge is 2.48. The first-order chi connectivity index (χ1) is 16.3. The molecule has 35 heavy (non-hydrogen) atoms. The minimum Gasteiger partial charge on any atom is -0.481 e. The quantitative estimate of drug-likeness (QED) is 0.0881. The van der Waals surface area contributed by atoms with Crippen molar-refractivity contribution in [3.8, 4) is 0 Å². The maximum atomic E-state index is 12.4. The van der Waals surface area contributed by atoms with E-state index in [1.807, 2.05) is 0 Å². The number of nitrogens with one attached hydrogen (secondary N) is 4. The van der Waals surface area contributed by atoms with E-state index < -0.39 is 79.5 Å². The largest absolute Gasteiger partial charge is 0.481 e. The summed E-state index contributed by atoms with van der Waals surface area (Å²) in [5.74, 6) is -4.10. The number of amides is 4. The van der Waals surface area contributed by atoms with Crippen LogP contribution in [0.15, 0.2) is 12.2 Å². The molecular formula is C21H34N4O10.